The van der Waals surface area contributed by atoms with Crippen LogP contribution in [-0.2, 0) is 35.6 Å². The average molecular weight is 1310 g/mol. The van der Waals surface area contributed by atoms with E-state index in [1.165, 1.54) is 89.0 Å². The summed E-state index contributed by atoms with van der Waals surface area (Å²) in [5, 5.41) is 59.2. The summed E-state index contributed by atoms with van der Waals surface area (Å²) < 4.78 is 58.4. The van der Waals surface area contributed by atoms with Gasteiger partial charge in [0.25, 0.3) is 28.4 Å². The maximum atomic E-state index is 11.3. The van der Waals surface area contributed by atoms with Crippen LogP contribution in [0.25, 0.3) is 26.2 Å². The minimum absolute atomic E-state index is 0.0596. The molecular weight excluding hydrogens is 1250 g/mol. The van der Waals surface area contributed by atoms with Gasteiger partial charge in [0.15, 0.2) is 26.0 Å². The van der Waals surface area contributed by atoms with Crippen LogP contribution in [0.2, 0.25) is 5.02 Å². The number of nitrogens with two attached hydrogens (primary N) is 2. The summed E-state index contributed by atoms with van der Waals surface area (Å²) in [6.45, 7) is 5.04. The highest BCUT2D eigenvalue weighted by atomic mass is 35.5. The van der Waals surface area contributed by atoms with Gasteiger partial charge in [0.2, 0.25) is 0 Å². The number of non-ortho nitro benzene ring substituents is 5. The van der Waals surface area contributed by atoms with Crippen molar-refractivity contribution in [2.24, 2.45) is 0 Å². The molecule has 0 aliphatic carbocycles. The van der Waals surface area contributed by atoms with Crippen molar-refractivity contribution in [1.29, 1.82) is 0 Å². The minimum atomic E-state index is -3.35. The Morgan fingerprint density at radius 1 is 0.570 bits per heavy atom. The molecule has 0 amide bonds. The summed E-state index contributed by atoms with van der Waals surface area (Å²) in [5.41, 5.74) is 14.1. The number of anilines is 2. The number of benzene rings is 7. The van der Waals surface area contributed by atoms with E-state index < -0.39 is 39.4 Å². The fourth-order valence-electron chi connectivity index (χ4n) is 7.26. The van der Waals surface area contributed by atoms with E-state index in [1.54, 1.807) is 89.0 Å². The predicted octanol–water partition coefficient (Wildman–Crippen LogP) is 14.5. The summed E-state index contributed by atoms with van der Waals surface area (Å²) in [5.74, 6) is 0.894. The molecule has 9 aromatic rings. The molecule has 30 heteroatoms. The van der Waals surface area contributed by atoms with Crippen LogP contribution in [0, 0.1) is 50.6 Å². The lowest BCUT2D eigenvalue weighted by Gasteiger charge is -2.16. The zero-order chi connectivity index (χ0) is 63.1. The third-order valence-electron chi connectivity index (χ3n) is 11.4. The van der Waals surface area contributed by atoms with Crippen LogP contribution < -0.4 is 11.5 Å². The largest absolute Gasteiger partial charge is 0.399 e. The zero-order valence-corrected chi connectivity index (χ0v) is 51.0. The molecule has 2 aromatic heterocycles. The number of ether oxygens (including phenoxy) is 2. The van der Waals surface area contributed by atoms with Crippen molar-refractivity contribution >= 4 is 144 Å². The van der Waals surface area contributed by atoms with E-state index in [0.717, 1.165) is 36.5 Å². The number of nitro groups is 5. The first kappa shape index (κ1) is 68.4. The van der Waals surface area contributed by atoms with Crippen LogP contribution in [0.15, 0.2) is 193 Å². The van der Waals surface area contributed by atoms with Gasteiger partial charge in [-0.25, -0.2) is 16.8 Å². The molecular formula is C56H52ClN7O16S6. The molecule has 23 nitrogen and oxygen atoms in total. The van der Waals surface area contributed by atoms with Crippen molar-refractivity contribution in [3.8, 4) is 0 Å². The van der Waals surface area contributed by atoms with Crippen LogP contribution in [0.1, 0.15) is 25.0 Å². The number of nitrogens with zero attached hydrogens (tertiary/aromatic N) is 5. The molecule has 4 N–H and O–H groups in total. The third kappa shape index (κ3) is 21.3. The van der Waals surface area contributed by atoms with Crippen LogP contribution in [0.4, 0.5) is 39.8 Å². The monoisotopic (exact) mass is 1310 g/mol. The number of aryl methyl sites for hydroxylation is 1. The molecule has 2 aliphatic heterocycles. The molecule has 11 rings (SSSR count). The summed E-state index contributed by atoms with van der Waals surface area (Å²) in [6, 6.07) is 41.6. The van der Waals surface area contributed by atoms with Gasteiger partial charge < -0.3 is 20.9 Å². The summed E-state index contributed by atoms with van der Waals surface area (Å²) in [6.07, 6.45) is 1.72. The van der Waals surface area contributed by atoms with Gasteiger partial charge in [-0.1, -0.05) is 11.6 Å². The number of hydrogen-bond acceptors (Lipinski definition) is 22. The van der Waals surface area contributed by atoms with E-state index in [-0.39, 0.29) is 50.3 Å². The fourth-order valence-corrected chi connectivity index (χ4v) is 12.7. The Labute approximate surface area is 514 Å². The molecule has 0 spiro atoms. The first-order chi connectivity index (χ1) is 40.8. The van der Waals surface area contributed by atoms with Gasteiger partial charge in [-0.3, -0.25) is 50.6 Å². The Kier molecular flexibility index (Phi) is 26.1. The normalized spacial score (nSPS) is 12.4. The molecule has 0 unspecified atom stereocenters. The zero-order valence-electron chi connectivity index (χ0n) is 45.2. The quantitative estimate of drug-likeness (QED) is 0.0255. The van der Waals surface area contributed by atoms with Crippen molar-refractivity contribution in [1.82, 2.24) is 0 Å². The van der Waals surface area contributed by atoms with Crippen molar-refractivity contribution in [3.05, 3.63) is 241 Å². The third-order valence-corrected chi connectivity index (χ3v) is 18.0. The Morgan fingerprint density at radius 2 is 1.01 bits per heavy atom. The lowest BCUT2D eigenvalue weighted by molar-refractivity contribution is -0.385. The number of hydrogen-bond donors (Lipinski definition) is 3. The Hall–Kier alpha value is -8.39. The first-order valence-corrected chi connectivity index (χ1v) is 31.7. The number of thioether (sulfide) groups is 1. The number of thiol groups is 1. The van der Waals surface area contributed by atoms with Crippen molar-refractivity contribution in [2.75, 3.05) is 36.2 Å². The molecule has 450 valence electrons. The van der Waals surface area contributed by atoms with Crippen LogP contribution in [0.5, 0.6) is 0 Å². The van der Waals surface area contributed by atoms with Gasteiger partial charge >= 0.3 is 0 Å². The molecule has 4 heterocycles. The van der Waals surface area contributed by atoms with Crippen molar-refractivity contribution in [2.45, 2.75) is 46.1 Å². The maximum absolute atomic E-state index is 11.3. The molecule has 0 radical (unpaired) electrons. The van der Waals surface area contributed by atoms with Crippen LogP contribution in [-0.4, -0.2) is 72.5 Å². The molecule has 0 saturated carbocycles. The highest BCUT2D eigenvalue weighted by Crippen LogP contribution is 2.31. The van der Waals surface area contributed by atoms with Gasteiger partial charge in [0.1, 0.15) is 0 Å². The Morgan fingerprint density at radius 3 is 1.55 bits per heavy atom. The van der Waals surface area contributed by atoms with E-state index in [9.17, 15) is 67.4 Å². The predicted molar refractivity (Wildman–Crippen MR) is 340 cm³/mol. The maximum Gasteiger partial charge on any atom is 0.270 e. The number of thiophene rings is 2. The molecule has 7 aromatic carbocycles. The van der Waals surface area contributed by atoms with E-state index in [1.807, 2.05) is 37.4 Å². The van der Waals surface area contributed by atoms with E-state index in [0.29, 0.717) is 46.6 Å². The van der Waals surface area contributed by atoms with E-state index in [4.69, 9.17) is 32.5 Å². The Balaban J connectivity index is 0.000000185. The number of fused-ring (bicyclic) bond motifs is 4. The molecule has 0 atom stereocenters. The molecule has 0 bridgehead atoms. The number of nitro benzene ring substituents is 5. The highest BCUT2D eigenvalue weighted by Gasteiger charge is 2.26. The topological polar surface area (TPSA) is 354 Å². The first-order valence-electron chi connectivity index (χ1n) is 24.9. The lowest BCUT2D eigenvalue weighted by atomic mass is 10.1. The Bertz CT molecular complexity index is 4020. The summed E-state index contributed by atoms with van der Waals surface area (Å²) in [7, 11) is -6.33. The van der Waals surface area contributed by atoms with Crippen LogP contribution in [0.3, 0.4) is 0 Å². The number of sulfone groups is 2. The fraction of sp³-hybridized carbons (Fsp3) is 0.143. The van der Waals surface area contributed by atoms with Gasteiger partial charge in [-0.15, -0.1) is 47.1 Å². The summed E-state index contributed by atoms with van der Waals surface area (Å²) >= 11 is 14.4. The van der Waals surface area contributed by atoms with E-state index >= 15 is 0 Å². The molecule has 0 saturated heterocycles. The van der Waals surface area contributed by atoms with Crippen LogP contribution >= 0.6 is 58.7 Å². The van der Waals surface area contributed by atoms with E-state index in [2.05, 4.69) is 30.1 Å². The number of nitrogen functional groups attached to an aromatic ring is 2. The standard InChI is InChI=1S/C12H17NO4S.C8H5NO4S.C8H9NO2S.C8H5NO2S.C8H7NS.C6H4ClNO2.C6H5NO2S/c1-3-16-12(17-4-2)9-18-11-7-5-10(6-8-11)13(14)15;10-9(11)7-1-2-8-6(5-7)3-4-14(8,12)13;9-7-1-2-8-6(5-7)3-4-12(8,10)11;10-9(11)7-1-2-8-6(5-7)3-4-12-8;9-7-1-2-8-6(5-7)3-4-10-8;7-5-1-3-6(4-2-5)8(9)10;8-7(9)5-1-3-6(10)4-2-5/h5-8,12H,3-4,9H2,1-2H3;1-5H;1-2,5H,3-4,9H2;1-5H;1-5H,9H2;1-4H;1-4,10H. The minimum Gasteiger partial charge on any atom is -0.399 e. The molecule has 2 aliphatic rings. The highest BCUT2D eigenvalue weighted by molar-refractivity contribution is 7.99. The lowest BCUT2D eigenvalue weighted by Crippen LogP contribution is -2.19. The van der Waals surface area contributed by atoms with Gasteiger partial charge in [0, 0.05) is 126 Å². The average Bonchev–Trinajstić information content (AvgIpc) is 3.69. The second kappa shape index (κ2) is 32.8. The molecule has 0 fully saturated rings. The van der Waals surface area contributed by atoms with Gasteiger partial charge in [-0.2, -0.15) is 0 Å². The second-order valence-corrected chi connectivity index (χ2v) is 25.1. The SMILES string of the molecule is CCOC(CSc1ccc([N+](=O)[O-])cc1)OCC.Nc1ccc2c(c1)CCS2(=O)=O.Nc1ccc2sccc2c1.O=[N+]([O-])c1ccc(Cl)cc1.O=[N+]([O-])c1ccc(S)cc1.O=[N+]([O-])c1ccc2c(c1)C=CS2(=O)=O.O=[N+]([O-])c1ccc2sccc2c1. The number of rotatable bonds is 12. The summed E-state index contributed by atoms with van der Waals surface area (Å²) in [4.78, 5) is 51.5. The molecule has 86 heavy (non-hydrogen) atoms. The van der Waals surface area contributed by atoms with Crippen molar-refractivity contribution < 1.29 is 50.9 Å². The second-order valence-electron chi connectivity index (χ2n) is 17.3. The number of halogens is 1. The van der Waals surface area contributed by atoms with Crippen molar-refractivity contribution in [3.63, 3.8) is 0 Å². The van der Waals surface area contributed by atoms with Gasteiger partial charge in [0.05, 0.1) is 40.2 Å². The smallest absolute Gasteiger partial charge is 0.270 e. The van der Waals surface area contributed by atoms with Gasteiger partial charge in [-0.05, 0) is 151 Å².